The van der Waals surface area contributed by atoms with Crippen molar-refractivity contribution in [3.05, 3.63) is 21.5 Å². The molecule has 0 spiro atoms. The maximum absolute atomic E-state index is 10.3. The summed E-state index contributed by atoms with van der Waals surface area (Å²) in [5.41, 5.74) is 0.658. The van der Waals surface area contributed by atoms with Gasteiger partial charge in [0.1, 0.15) is 6.61 Å². The molecular formula is C7H7N3O3. The van der Waals surface area contributed by atoms with Gasteiger partial charge in [0.2, 0.25) is 0 Å². The monoisotopic (exact) mass is 181 g/mol. The van der Waals surface area contributed by atoms with Crippen LogP contribution >= 0.6 is 0 Å². The molecule has 0 aliphatic rings. The van der Waals surface area contributed by atoms with Crippen molar-refractivity contribution in [2.24, 2.45) is 0 Å². The van der Waals surface area contributed by atoms with Crippen LogP contribution in [0, 0.1) is 22.5 Å². The standard InChI is InChI=1S/C7H7N3O3/c1-3-5-6(4-13-2)9-7(8-5)10(11)12/h1H,4H2,2H3,(H,8,9). The van der Waals surface area contributed by atoms with Crippen molar-refractivity contribution in [2.75, 3.05) is 7.11 Å². The summed E-state index contributed by atoms with van der Waals surface area (Å²) in [4.78, 5) is 15.7. The van der Waals surface area contributed by atoms with Crippen LogP contribution in [0.1, 0.15) is 11.4 Å². The summed E-state index contributed by atoms with van der Waals surface area (Å²) in [6.45, 7) is 0.157. The number of nitrogens with one attached hydrogen (secondary N) is 1. The first kappa shape index (κ1) is 9.22. The number of terminal acetylenes is 1. The molecule has 6 heteroatoms. The predicted molar refractivity (Wildman–Crippen MR) is 43.9 cm³/mol. The van der Waals surface area contributed by atoms with Crippen LogP contribution < -0.4 is 0 Å². The van der Waals surface area contributed by atoms with Gasteiger partial charge in [-0.05, 0) is 10.8 Å². The van der Waals surface area contributed by atoms with E-state index in [9.17, 15) is 10.1 Å². The second kappa shape index (κ2) is 3.69. The molecule has 13 heavy (non-hydrogen) atoms. The first-order chi connectivity index (χ1) is 6.19. The third-order valence-electron chi connectivity index (χ3n) is 1.36. The molecule has 0 amide bonds. The van der Waals surface area contributed by atoms with E-state index in [1.54, 1.807) is 0 Å². The zero-order chi connectivity index (χ0) is 9.84. The topological polar surface area (TPSA) is 81.0 Å². The SMILES string of the molecule is C#Cc1[nH]c([N+](=O)[O-])nc1COC. The Hall–Kier alpha value is -1.87. The Balaban J connectivity index is 3.06. The Morgan fingerprint density at radius 1 is 1.85 bits per heavy atom. The smallest absolute Gasteiger partial charge is 0.390 e. The lowest BCUT2D eigenvalue weighted by Crippen LogP contribution is -1.91. The number of methoxy groups -OCH3 is 1. The second-order valence-corrected chi connectivity index (χ2v) is 2.22. The fourth-order valence-electron chi connectivity index (χ4n) is 0.843. The fraction of sp³-hybridized carbons (Fsp3) is 0.286. The van der Waals surface area contributed by atoms with Gasteiger partial charge in [-0.2, -0.15) is 0 Å². The van der Waals surface area contributed by atoms with Crippen LogP contribution in [-0.2, 0) is 11.3 Å². The Morgan fingerprint density at radius 3 is 3.00 bits per heavy atom. The summed E-state index contributed by atoms with van der Waals surface area (Å²) >= 11 is 0. The van der Waals surface area contributed by atoms with E-state index < -0.39 is 4.92 Å². The molecule has 6 nitrogen and oxygen atoms in total. The lowest BCUT2D eigenvalue weighted by atomic mass is 10.3. The van der Waals surface area contributed by atoms with Crippen LogP contribution in [0.25, 0.3) is 0 Å². The number of aromatic amines is 1. The number of hydrogen-bond donors (Lipinski definition) is 1. The van der Waals surface area contributed by atoms with Crippen molar-refractivity contribution in [1.29, 1.82) is 0 Å². The van der Waals surface area contributed by atoms with Crippen molar-refractivity contribution < 1.29 is 9.66 Å². The van der Waals surface area contributed by atoms with Crippen LogP contribution in [0.5, 0.6) is 0 Å². The fourth-order valence-corrected chi connectivity index (χ4v) is 0.843. The van der Waals surface area contributed by atoms with Gasteiger partial charge in [0.25, 0.3) is 0 Å². The molecule has 0 bridgehead atoms. The van der Waals surface area contributed by atoms with Crippen LogP contribution in [0.2, 0.25) is 0 Å². The molecule has 0 saturated carbocycles. The van der Waals surface area contributed by atoms with Gasteiger partial charge in [-0.25, -0.2) is 4.98 Å². The van der Waals surface area contributed by atoms with Gasteiger partial charge in [0, 0.05) is 7.11 Å². The Labute approximate surface area is 74.1 Å². The molecule has 0 radical (unpaired) electrons. The van der Waals surface area contributed by atoms with Gasteiger partial charge in [-0.1, -0.05) is 4.98 Å². The maximum atomic E-state index is 10.3. The molecule has 0 aliphatic carbocycles. The highest BCUT2D eigenvalue weighted by atomic mass is 16.6. The van der Waals surface area contributed by atoms with E-state index >= 15 is 0 Å². The quantitative estimate of drug-likeness (QED) is 0.417. The average molecular weight is 181 g/mol. The molecule has 0 unspecified atom stereocenters. The van der Waals surface area contributed by atoms with Crippen molar-refractivity contribution in [3.63, 3.8) is 0 Å². The Kier molecular flexibility index (Phi) is 2.62. The first-order valence-corrected chi connectivity index (χ1v) is 3.38. The lowest BCUT2D eigenvalue weighted by molar-refractivity contribution is -0.393. The minimum Gasteiger partial charge on any atom is -0.390 e. The van der Waals surface area contributed by atoms with E-state index in [-0.39, 0.29) is 18.2 Å². The summed E-state index contributed by atoms with van der Waals surface area (Å²) < 4.78 is 4.76. The van der Waals surface area contributed by atoms with Crippen molar-refractivity contribution in [3.8, 4) is 12.3 Å². The second-order valence-electron chi connectivity index (χ2n) is 2.22. The third-order valence-corrected chi connectivity index (χ3v) is 1.36. The molecule has 68 valence electrons. The van der Waals surface area contributed by atoms with E-state index in [2.05, 4.69) is 15.9 Å². The molecule has 1 aromatic heterocycles. The highest BCUT2D eigenvalue weighted by Gasteiger charge is 2.17. The zero-order valence-corrected chi connectivity index (χ0v) is 6.90. The van der Waals surface area contributed by atoms with Crippen LogP contribution in [0.3, 0.4) is 0 Å². The summed E-state index contributed by atoms with van der Waals surface area (Å²) in [6, 6.07) is 0. The number of nitrogens with zero attached hydrogens (tertiary/aromatic N) is 2. The lowest BCUT2D eigenvalue weighted by Gasteiger charge is -1.87. The number of rotatable bonds is 3. The van der Waals surface area contributed by atoms with Crippen molar-refractivity contribution in [1.82, 2.24) is 9.97 Å². The molecular weight excluding hydrogens is 174 g/mol. The van der Waals surface area contributed by atoms with E-state index in [1.807, 2.05) is 0 Å². The molecule has 1 N–H and O–H groups in total. The predicted octanol–water partition coefficient (Wildman–Crippen LogP) is 0.446. The van der Waals surface area contributed by atoms with Crippen LogP contribution in [0.4, 0.5) is 5.95 Å². The summed E-state index contributed by atoms with van der Waals surface area (Å²) in [6.07, 6.45) is 5.09. The van der Waals surface area contributed by atoms with E-state index in [0.717, 1.165) is 0 Å². The molecule has 1 heterocycles. The van der Waals surface area contributed by atoms with E-state index in [0.29, 0.717) is 5.69 Å². The van der Waals surface area contributed by atoms with Gasteiger partial charge in [0.05, 0.1) is 0 Å². The van der Waals surface area contributed by atoms with Crippen molar-refractivity contribution >= 4 is 5.95 Å². The molecule has 1 rings (SSSR count). The molecule has 0 saturated heterocycles. The normalized spacial score (nSPS) is 9.54. The summed E-state index contributed by atoms with van der Waals surface area (Å²) in [5.74, 6) is 1.89. The number of H-pyrrole nitrogens is 1. The summed E-state index contributed by atoms with van der Waals surface area (Å²) in [7, 11) is 1.46. The van der Waals surface area contributed by atoms with Gasteiger partial charge in [0.15, 0.2) is 11.4 Å². The first-order valence-electron chi connectivity index (χ1n) is 3.38. The molecule has 0 fully saturated rings. The highest BCUT2D eigenvalue weighted by molar-refractivity contribution is 5.33. The number of nitro groups is 1. The molecule has 0 aliphatic heterocycles. The van der Waals surface area contributed by atoms with E-state index in [1.165, 1.54) is 7.11 Å². The minimum atomic E-state index is -0.639. The largest absolute Gasteiger partial charge is 0.433 e. The number of imidazole rings is 1. The van der Waals surface area contributed by atoms with Gasteiger partial charge in [-0.15, -0.1) is 6.42 Å². The van der Waals surface area contributed by atoms with Gasteiger partial charge >= 0.3 is 5.95 Å². The summed E-state index contributed by atoms with van der Waals surface area (Å²) in [5, 5.41) is 10.3. The van der Waals surface area contributed by atoms with Crippen LogP contribution in [-0.4, -0.2) is 22.0 Å². The van der Waals surface area contributed by atoms with E-state index in [4.69, 9.17) is 11.2 Å². The number of hydrogen-bond acceptors (Lipinski definition) is 4. The van der Waals surface area contributed by atoms with Gasteiger partial charge < -0.3 is 14.9 Å². The Morgan fingerprint density at radius 2 is 2.54 bits per heavy atom. The molecule has 0 atom stereocenters. The number of aromatic nitrogens is 2. The zero-order valence-electron chi connectivity index (χ0n) is 6.90. The average Bonchev–Trinajstić information content (AvgIpc) is 2.48. The van der Waals surface area contributed by atoms with Crippen molar-refractivity contribution in [2.45, 2.75) is 6.61 Å². The third kappa shape index (κ3) is 1.83. The minimum absolute atomic E-state index is 0.157. The maximum Gasteiger partial charge on any atom is 0.433 e. The molecule has 0 aromatic carbocycles. The van der Waals surface area contributed by atoms with Crippen LogP contribution in [0.15, 0.2) is 0 Å². The Bertz CT molecular complexity index is 364. The highest BCUT2D eigenvalue weighted by Crippen LogP contribution is 2.11. The molecule has 1 aromatic rings. The number of ether oxygens (including phenoxy) is 1. The van der Waals surface area contributed by atoms with Gasteiger partial charge in [-0.3, -0.25) is 0 Å².